The number of halogens is 1. The van der Waals surface area contributed by atoms with Crippen molar-refractivity contribution >= 4 is 16.0 Å². The minimum Gasteiger partial charge on any atom is -0.492 e. The SMILES string of the molecule is CCOC(=O)c1cc(F)c(OC)c(S(N)(=O)=O)c1. The first-order chi connectivity index (χ1) is 8.31. The average Bonchev–Trinajstić information content (AvgIpc) is 2.27. The van der Waals surface area contributed by atoms with Crippen LogP contribution in [0.1, 0.15) is 17.3 Å². The van der Waals surface area contributed by atoms with Crippen LogP contribution in [0.5, 0.6) is 5.75 Å². The number of nitrogens with two attached hydrogens (primary N) is 1. The lowest BCUT2D eigenvalue weighted by atomic mass is 10.2. The molecule has 0 unspecified atom stereocenters. The van der Waals surface area contributed by atoms with Gasteiger partial charge in [0.15, 0.2) is 11.6 Å². The van der Waals surface area contributed by atoms with Gasteiger partial charge in [0.2, 0.25) is 10.0 Å². The highest BCUT2D eigenvalue weighted by molar-refractivity contribution is 7.89. The summed E-state index contributed by atoms with van der Waals surface area (Å²) in [5.41, 5.74) is -0.251. The molecule has 0 radical (unpaired) electrons. The van der Waals surface area contributed by atoms with E-state index in [0.717, 1.165) is 19.2 Å². The fourth-order valence-electron chi connectivity index (χ4n) is 1.31. The molecule has 0 fully saturated rings. The van der Waals surface area contributed by atoms with Gasteiger partial charge in [-0.1, -0.05) is 0 Å². The predicted molar refractivity (Wildman–Crippen MR) is 60.3 cm³/mol. The van der Waals surface area contributed by atoms with E-state index in [-0.39, 0.29) is 12.2 Å². The standard InChI is InChI=1S/C10H12FNO5S/c1-3-17-10(13)6-4-7(11)9(16-2)8(5-6)18(12,14)15/h4-5H,3H2,1-2H3,(H2,12,14,15). The third-order valence-electron chi connectivity index (χ3n) is 2.03. The van der Waals surface area contributed by atoms with E-state index in [1.54, 1.807) is 6.92 Å². The van der Waals surface area contributed by atoms with Crippen molar-refractivity contribution in [2.45, 2.75) is 11.8 Å². The number of carbonyl (C=O) groups excluding carboxylic acids is 1. The number of hydrogen-bond acceptors (Lipinski definition) is 5. The van der Waals surface area contributed by atoms with Crippen LogP contribution < -0.4 is 9.88 Å². The number of carbonyl (C=O) groups is 1. The maximum absolute atomic E-state index is 13.6. The van der Waals surface area contributed by atoms with Crippen LogP contribution in [-0.2, 0) is 14.8 Å². The van der Waals surface area contributed by atoms with Crippen molar-refractivity contribution in [3.8, 4) is 5.75 Å². The lowest BCUT2D eigenvalue weighted by Gasteiger charge is -2.10. The normalized spacial score (nSPS) is 11.1. The molecule has 0 saturated carbocycles. The van der Waals surface area contributed by atoms with Gasteiger partial charge in [0.1, 0.15) is 4.90 Å². The van der Waals surface area contributed by atoms with Gasteiger partial charge in [0, 0.05) is 0 Å². The molecule has 0 aliphatic rings. The van der Waals surface area contributed by atoms with E-state index >= 15 is 0 Å². The van der Waals surface area contributed by atoms with E-state index in [9.17, 15) is 17.6 Å². The monoisotopic (exact) mass is 277 g/mol. The van der Waals surface area contributed by atoms with Gasteiger partial charge in [-0.2, -0.15) is 0 Å². The highest BCUT2D eigenvalue weighted by Gasteiger charge is 2.22. The first-order valence-electron chi connectivity index (χ1n) is 4.88. The predicted octanol–water partition coefficient (Wildman–Crippen LogP) is 0.658. The molecule has 1 aromatic carbocycles. The summed E-state index contributed by atoms with van der Waals surface area (Å²) in [5, 5.41) is 4.92. The number of rotatable bonds is 4. The summed E-state index contributed by atoms with van der Waals surface area (Å²) in [6.07, 6.45) is 0. The number of ether oxygens (including phenoxy) is 2. The number of benzene rings is 1. The van der Waals surface area contributed by atoms with Crippen LogP contribution in [0.25, 0.3) is 0 Å². The highest BCUT2D eigenvalue weighted by atomic mass is 32.2. The fourth-order valence-corrected chi connectivity index (χ4v) is 2.04. The smallest absolute Gasteiger partial charge is 0.338 e. The molecule has 18 heavy (non-hydrogen) atoms. The Morgan fingerprint density at radius 1 is 1.44 bits per heavy atom. The second kappa shape index (κ2) is 5.32. The van der Waals surface area contributed by atoms with Crippen LogP contribution in [0, 0.1) is 5.82 Å². The van der Waals surface area contributed by atoms with Crippen molar-refractivity contribution in [2.24, 2.45) is 5.14 Å². The molecular weight excluding hydrogens is 265 g/mol. The Kier molecular flexibility index (Phi) is 4.25. The Morgan fingerprint density at radius 3 is 2.50 bits per heavy atom. The summed E-state index contributed by atoms with van der Waals surface area (Å²) in [6.45, 7) is 1.65. The number of sulfonamides is 1. The second-order valence-corrected chi connectivity index (χ2v) is 4.78. The zero-order valence-electron chi connectivity index (χ0n) is 9.77. The van der Waals surface area contributed by atoms with Crippen LogP contribution in [0.2, 0.25) is 0 Å². The Balaban J connectivity index is 3.45. The van der Waals surface area contributed by atoms with Gasteiger partial charge in [0.05, 0.1) is 19.3 Å². The van der Waals surface area contributed by atoms with E-state index in [0.29, 0.717) is 0 Å². The lowest BCUT2D eigenvalue weighted by molar-refractivity contribution is 0.0525. The number of esters is 1. The van der Waals surface area contributed by atoms with E-state index < -0.39 is 32.5 Å². The van der Waals surface area contributed by atoms with Crippen LogP contribution in [0.4, 0.5) is 4.39 Å². The van der Waals surface area contributed by atoms with Crippen molar-refractivity contribution in [1.82, 2.24) is 0 Å². The average molecular weight is 277 g/mol. The summed E-state index contributed by atoms with van der Waals surface area (Å²) in [6, 6.07) is 1.74. The van der Waals surface area contributed by atoms with Crippen molar-refractivity contribution in [1.29, 1.82) is 0 Å². The first-order valence-corrected chi connectivity index (χ1v) is 6.43. The van der Waals surface area contributed by atoms with Crippen molar-refractivity contribution in [3.63, 3.8) is 0 Å². The number of primary sulfonamides is 1. The highest BCUT2D eigenvalue weighted by Crippen LogP contribution is 2.27. The van der Waals surface area contributed by atoms with E-state index in [2.05, 4.69) is 9.47 Å². The largest absolute Gasteiger partial charge is 0.492 e. The van der Waals surface area contributed by atoms with Gasteiger partial charge < -0.3 is 9.47 Å². The maximum atomic E-state index is 13.6. The molecule has 0 aromatic heterocycles. The van der Waals surface area contributed by atoms with E-state index in [4.69, 9.17) is 5.14 Å². The quantitative estimate of drug-likeness (QED) is 0.815. The van der Waals surface area contributed by atoms with Crippen molar-refractivity contribution < 1.29 is 27.1 Å². The first kappa shape index (κ1) is 14.4. The summed E-state index contributed by atoms with van der Waals surface area (Å²) >= 11 is 0. The number of methoxy groups -OCH3 is 1. The zero-order valence-corrected chi connectivity index (χ0v) is 10.6. The van der Waals surface area contributed by atoms with Crippen LogP contribution in [0.3, 0.4) is 0 Å². The third kappa shape index (κ3) is 2.96. The molecule has 0 heterocycles. The van der Waals surface area contributed by atoms with Gasteiger partial charge in [-0.3, -0.25) is 0 Å². The zero-order chi connectivity index (χ0) is 13.9. The molecule has 2 N–H and O–H groups in total. The summed E-state index contributed by atoms with van der Waals surface area (Å²) in [5.74, 6) is -2.39. The molecule has 1 rings (SSSR count). The van der Waals surface area contributed by atoms with E-state index in [1.807, 2.05) is 0 Å². The second-order valence-electron chi connectivity index (χ2n) is 3.25. The van der Waals surface area contributed by atoms with E-state index in [1.165, 1.54) is 0 Å². The molecule has 8 heteroatoms. The summed E-state index contributed by atoms with van der Waals surface area (Å²) in [7, 11) is -3.12. The van der Waals surface area contributed by atoms with Gasteiger partial charge in [0.25, 0.3) is 0 Å². The third-order valence-corrected chi connectivity index (χ3v) is 2.95. The Labute approximate surface area is 104 Å². The molecule has 0 bridgehead atoms. The summed E-state index contributed by atoms with van der Waals surface area (Å²) < 4.78 is 45.4. The Hall–Kier alpha value is -1.67. The minimum absolute atomic E-state index is 0.0805. The molecular formula is C10H12FNO5S. The van der Waals surface area contributed by atoms with Crippen LogP contribution >= 0.6 is 0 Å². The molecule has 0 amide bonds. The van der Waals surface area contributed by atoms with Gasteiger partial charge in [-0.05, 0) is 19.1 Å². The minimum atomic E-state index is -4.21. The van der Waals surface area contributed by atoms with Crippen LogP contribution in [0.15, 0.2) is 17.0 Å². The van der Waals surface area contributed by atoms with Gasteiger partial charge >= 0.3 is 5.97 Å². The van der Waals surface area contributed by atoms with Gasteiger partial charge in [-0.15, -0.1) is 0 Å². The van der Waals surface area contributed by atoms with Crippen LogP contribution in [-0.4, -0.2) is 28.1 Å². The Morgan fingerprint density at radius 2 is 2.06 bits per heavy atom. The van der Waals surface area contributed by atoms with Crippen molar-refractivity contribution in [2.75, 3.05) is 13.7 Å². The molecule has 0 saturated heterocycles. The summed E-state index contributed by atoms with van der Waals surface area (Å²) in [4.78, 5) is 10.8. The van der Waals surface area contributed by atoms with Gasteiger partial charge in [-0.25, -0.2) is 22.7 Å². The Bertz CT molecular complexity index is 570. The molecule has 0 aliphatic carbocycles. The molecule has 1 aromatic rings. The fraction of sp³-hybridized carbons (Fsp3) is 0.300. The lowest BCUT2D eigenvalue weighted by Crippen LogP contribution is -2.16. The molecule has 0 spiro atoms. The molecule has 100 valence electrons. The molecule has 0 atom stereocenters. The molecule has 6 nitrogen and oxygen atoms in total. The maximum Gasteiger partial charge on any atom is 0.338 e. The van der Waals surface area contributed by atoms with Crippen molar-refractivity contribution in [3.05, 3.63) is 23.5 Å². The molecule has 0 aliphatic heterocycles. The number of hydrogen-bond donors (Lipinski definition) is 1. The topological polar surface area (TPSA) is 95.7 Å².